The molecule has 0 amide bonds. The summed E-state index contributed by atoms with van der Waals surface area (Å²) in [6.07, 6.45) is 0. The number of benzene rings is 3. The predicted molar refractivity (Wildman–Crippen MR) is 102 cm³/mol. The molecule has 0 aliphatic carbocycles. The fraction of sp³-hybridized carbons (Fsp3) is 0.136. The van der Waals surface area contributed by atoms with Crippen molar-refractivity contribution in [2.24, 2.45) is 5.73 Å². The molecule has 27 heavy (non-hydrogen) atoms. The number of aliphatic carboxylic acids is 1. The first-order chi connectivity index (χ1) is 13.0. The van der Waals surface area contributed by atoms with E-state index in [4.69, 9.17) is 10.5 Å². The van der Waals surface area contributed by atoms with E-state index in [2.05, 4.69) is 0 Å². The maximum absolute atomic E-state index is 11.9. The molecule has 0 saturated carbocycles. The lowest BCUT2D eigenvalue weighted by Gasteiger charge is -2.25. The molecule has 0 saturated heterocycles. The van der Waals surface area contributed by atoms with Crippen LogP contribution in [0.4, 0.5) is 0 Å². The van der Waals surface area contributed by atoms with Crippen molar-refractivity contribution in [3.05, 3.63) is 101 Å². The van der Waals surface area contributed by atoms with Crippen molar-refractivity contribution in [3.8, 4) is 5.75 Å². The lowest BCUT2D eigenvalue weighted by atomic mass is 9.86. The lowest BCUT2D eigenvalue weighted by molar-refractivity contribution is -0.155. The van der Waals surface area contributed by atoms with Gasteiger partial charge in [-0.15, -0.1) is 0 Å². The van der Waals surface area contributed by atoms with Crippen molar-refractivity contribution in [3.63, 3.8) is 0 Å². The summed E-state index contributed by atoms with van der Waals surface area (Å²) >= 11 is 0. The van der Waals surface area contributed by atoms with Crippen molar-refractivity contribution in [2.75, 3.05) is 0 Å². The molecule has 0 unspecified atom stereocenters. The fourth-order valence-electron chi connectivity index (χ4n) is 2.84. The Bertz CT molecular complexity index is 909. The zero-order valence-electron chi connectivity index (χ0n) is 14.7. The van der Waals surface area contributed by atoms with Crippen LogP contribution in [0.3, 0.4) is 0 Å². The smallest absolute Gasteiger partial charge is 0.345 e. The number of nitrogens with two attached hydrogens (primary N) is 1. The normalized spacial score (nSPS) is 13.0. The van der Waals surface area contributed by atoms with Gasteiger partial charge in [-0.2, -0.15) is 0 Å². The van der Waals surface area contributed by atoms with Gasteiger partial charge in [0.05, 0.1) is 0 Å². The van der Waals surface area contributed by atoms with Crippen molar-refractivity contribution in [2.45, 2.75) is 18.8 Å². The Kier molecular flexibility index (Phi) is 5.54. The third-order valence-electron chi connectivity index (χ3n) is 4.42. The molecule has 0 spiro atoms. The molecule has 5 heteroatoms. The second-order valence-electron chi connectivity index (χ2n) is 6.22. The van der Waals surface area contributed by atoms with Crippen molar-refractivity contribution >= 4 is 5.97 Å². The summed E-state index contributed by atoms with van der Waals surface area (Å²) < 4.78 is 5.78. The molecule has 0 aromatic heterocycles. The Morgan fingerprint density at radius 2 is 1.52 bits per heavy atom. The van der Waals surface area contributed by atoms with Crippen LogP contribution in [0.15, 0.2) is 78.9 Å². The van der Waals surface area contributed by atoms with E-state index < -0.39 is 11.6 Å². The van der Waals surface area contributed by atoms with E-state index in [0.29, 0.717) is 18.9 Å². The van der Waals surface area contributed by atoms with E-state index in [1.165, 1.54) is 0 Å². The summed E-state index contributed by atoms with van der Waals surface area (Å²) in [6, 6.07) is 22.6. The van der Waals surface area contributed by atoms with Gasteiger partial charge in [-0.1, -0.05) is 66.7 Å². The predicted octanol–water partition coefficient (Wildman–Crippen LogP) is 3.04. The summed E-state index contributed by atoms with van der Waals surface area (Å²) in [5.41, 5.74) is 5.96. The first-order valence-electron chi connectivity index (χ1n) is 8.56. The molecule has 3 rings (SSSR count). The summed E-state index contributed by atoms with van der Waals surface area (Å²) in [7, 11) is 0. The molecular formula is C22H21NO4. The standard InChI is InChI=1S/C22H21NO4/c23-14-16-9-11-17(12-10-16)15-27-20-8-4-7-19(13-20)22(26,21(24)25)18-5-2-1-3-6-18/h1-13,26H,14-15,23H2,(H,24,25)/t22-/m0/s1. The average Bonchev–Trinajstić information content (AvgIpc) is 2.72. The maximum Gasteiger partial charge on any atom is 0.345 e. The van der Waals surface area contributed by atoms with Crippen molar-refractivity contribution < 1.29 is 19.7 Å². The lowest BCUT2D eigenvalue weighted by Crippen LogP contribution is -2.36. The van der Waals surface area contributed by atoms with Crippen LogP contribution in [0.25, 0.3) is 0 Å². The minimum Gasteiger partial charge on any atom is -0.489 e. The third-order valence-corrected chi connectivity index (χ3v) is 4.42. The van der Waals surface area contributed by atoms with Gasteiger partial charge in [-0.25, -0.2) is 4.79 Å². The van der Waals surface area contributed by atoms with Crippen LogP contribution in [0.5, 0.6) is 5.75 Å². The van der Waals surface area contributed by atoms with Gasteiger partial charge in [0.1, 0.15) is 12.4 Å². The first-order valence-corrected chi connectivity index (χ1v) is 8.56. The van der Waals surface area contributed by atoms with Crippen LogP contribution >= 0.6 is 0 Å². The Morgan fingerprint density at radius 3 is 2.15 bits per heavy atom. The number of rotatable bonds is 7. The number of hydrogen-bond acceptors (Lipinski definition) is 4. The molecule has 4 N–H and O–H groups in total. The van der Waals surface area contributed by atoms with Gasteiger partial charge in [0, 0.05) is 12.1 Å². The first kappa shape index (κ1) is 18.6. The molecule has 138 valence electrons. The van der Waals surface area contributed by atoms with Gasteiger partial charge in [0.2, 0.25) is 5.60 Å². The molecule has 0 bridgehead atoms. The van der Waals surface area contributed by atoms with E-state index in [1.807, 2.05) is 24.3 Å². The molecule has 5 nitrogen and oxygen atoms in total. The van der Waals surface area contributed by atoms with E-state index in [-0.39, 0.29) is 11.1 Å². The largest absolute Gasteiger partial charge is 0.489 e. The molecule has 3 aromatic rings. The van der Waals surface area contributed by atoms with Crippen LogP contribution in [-0.2, 0) is 23.5 Å². The van der Waals surface area contributed by atoms with Gasteiger partial charge in [0.15, 0.2) is 0 Å². The van der Waals surface area contributed by atoms with Crippen LogP contribution in [0.2, 0.25) is 0 Å². The highest BCUT2D eigenvalue weighted by atomic mass is 16.5. The number of carboxylic acids is 1. The summed E-state index contributed by atoms with van der Waals surface area (Å²) in [5, 5.41) is 20.6. The maximum atomic E-state index is 11.9. The van der Waals surface area contributed by atoms with Gasteiger partial charge < -0.3 is 20.7 Å². The summed E-state index contributed by atoms with van der Waals surface area (Å²) in [4.78, 5) is 11.9. The van der Waals surface area contributed by atoms with E-state index in [1.54, 1.807) is 54.6 Å². The monoisotopic (exact) mass is 363 g/mol. The number of ether oxygens (including phenoxy) is 1. The van der Waals surface area contributed by atoms with Gasteiger partial charge in [-0.3, -0.25) is 0 Å². The average molecular weight is 363 g/mol. The second-order valence-corrected chi connectivity index (χ2v) is 6.22. The molecule has 0 aliphatic rings. The molecule has 0 heterocycles. The molecule has 0 aliphatic heterocycles. The van der Waals surface area contributed by atoms with Crippen LogP contribution in [0.1, 0.15) is 22.3 Å². The minimum absolute atomic E-state index is 0.233. The van der Waals surface area contributed by atoms with E-state index in [0.717, 1.165) is 11.1 Å². The molecule has 1 atom stereocenters. The fourth-order valence-corrected chi connectivity index (χ4v) is 2.84. The van der Waals surface area contributed by atoms with Crippen molar-refractivity contribution in [1.82, 2.24) is 0 Å². The SMILES string of the molecule is NCc1ccc(COc2cccc([C@](O)(C(=O)O)c3ccccc3)c2)cc1. The highest BCUT2D eigenvalue weighted by molar-refractivity contribution is 5.83. The highest BCUT2D eigenvalue weighted by Crippen LogP contribution is 2.32. The zero-order chi connectivity index (χ0) is 19.3. The second kappa shape index (κ2) is 8.03. The zero-order valence-corrected chi connectivity index (χ0v) is 14.7. The van der Waals surface area contributed by atoms with Crippen LogP contribution in [-0.4, -0.2) is 16.2 Å². The van der Waals surface area contributed by atoms with Crippen molar-refractivity contribution in [1.29, 1.82) is 0 Å². The quantitative estimate of drug-likeness (QED) is 0.600. The Labute approximate surface area is 157 Å². The molecule has 0 fully saturated rings. The van der Waals surface area contributed by atoms with E-state index in [9.17, 15) is 15.0 Å². The van der Waals surface area contributed by atoms with Gasteiger partial charge in [-0.05, 0) is 28.8 Å². The Hall–Kier alpha value is -3.15. The topological polar surface area (TPSA) is 92.8 Å². The number of hydrogen-bond donors (Lipinski definition) is 3. The molecule has 0 radical (unpaired) electrons. The van der Waals surface area contributed by atoms with Gasteiger partial charge in [0.25, 0.3) is 0 Å². The number of aliphatic hydroxyl groups is 1. The molecule has 3 aromatic carbocycles. The number of carboxylic acid groups (broad SMARTS) is 1. The summed E-state index contributed by atoms with van der Waals surface area (Å²) in [5.74, 6) is -0.866. The highest BCUT2D eigenvalue weighted by Gasteiger charge is 2.40. The minimum atomic E-state index is -2.15. The Morgan fingerprint density at radius 1 is 0.889 bits per heavy atom. The van der Waals surface area contributed by atoms with Crippen LogP contribution < -0.4 is 10.5 Å². The van der Waals surface area contributed by atoms with E-state index >= 15 is 0 Å². The molecular weight excluding hydrogens is 342 g/mol. The number of carbonyl (C=O) groups is 1. The van der Waals surface area contributed by atoms with Gasteiger partial charge >= 0.3 is 5.97 Å². The third kappa shape index (κ3) is 4.00. The summed E-state index contributed by atoms with van der Waals surface area (Å²) in [6.45, 7) is 0.807. The Balaban J connectivity index is 1.84. The van der Waals surface area contributed by atoms with Crippen LogP contribution in [0, 0.1) is 0 Å².